The van der Waals surface area contributed by atoms with Crippen molar-refractivity contribution in [3.05, 3.63) is 34.9 Å². The first-order valence-corrected chi connectivity index (χ1v) is 4.59. The molecule has 0 radical (unpaired) electrons. The number of aromatic nitrogens is 2. The highest BCUT2D eigenvalue weighted by molar-refractivity contribution is 9.10. The Labute approximate surface area is 84.0 Å². The molecule has 2 rings (SSSR count). The number of hydrogen-bond donors (Lipinski definition) is 0. The van der Waals surface area contributed by atoms with Gasteiger partial charge in [0.05, 0.1) is 6.20 Å². The third-order valence-electron chi connectivity index (χ3n) is 1.60. The summed E-state index contributed by atoms with van der Waals surface area (Å²) in [6.07, 6.45) is 3.39. The van der Waals surface area contributed by atoms with Crippen LogP contribution in [0.1, 0.15) is 5.89 Å². The van der Waals surface area contributed by atoms with E-state index in [1.54, 1.807) is 12.4 Å². The summed E-state index contributed by atoms with van der Waals surface area (Å²) in [5, 5.41) is 0. The van der Waals surface area contributed by atoms with E-state index in [0.29, 0.717) is 11.7 Å². The minimum absolute atomic E-state index is 0.650. The second-order valence-electron chi connectivity index (χ2n) is 2.60. The topological polar surface area (TPSA) is 38.9 Å². The zero-order valence-electron chi connectivity index (χ0n) is 6.99. The summed E-state index contributed by atoms with van der Waals surface area (Å²) in [6, 6.07) is 3.76. The molecule has 4 heteroatoms. The lowest BCUT2D eigenvalue weighted by Gasteiger charge is -1.94. The maximum atomic E-state index is 5.33. The molecule has 2 aromatic heterocycles. The van der Waals surface area contributed by atoms with Crippen LogP contribution in [0.2, 0.25) is 0 Å². The molecule has 66 valence electrons. The monoisotopic (exact) mass is 238 g/mol. The Morgan fingerprint density at radius 1 is 1.38 bits per heavy atom. The highest BCUT2D eigenvalue weighted by Crippen LogP contribution is 2.20. The molecule has 2 aromatic rings. The van der Waals surface area contributed by atoms with Crippen LogP contribution < -0.4 is 0 Å². The second-order valence-corrected chi connectivity index (χ2v) is 3.52. The maximum absolute atomic E-state index is 5.33. The van der Waals surface area contributed by atoms with Gasteiger partial charge in [0.15, 0.2) is 11.7 Å². The zero-order chi connectivity index (χ0) is 9.26. The molecule has 0 aliphatic heterocycles. The van der Waals surface area contributed by atoms with Crippen molar-refractivity contribution < 1.29 is 4.42 Å². The van der Waals surface area contributed by atoms with Crippen molar-refractivity contribution >= 4 is 15.9 Å². The fraction of sp³-hybridized carbons (Fsp3) is 0.111. The van der Waals surface area contributed by atoms with Crippen molar-refractivity contribution in [2.75, 3.05) is 0 Å². The summed E-state index contributed by atoms with van der Waals surface area (Å²) in [5.41, 5.74) is 0.787. The van der Waals surface area contributed by atoms with Gasteiger partial charge >= 0.3 is 0 Å². The van der Waals surface area contributed by atoms with E-state index in [1.807, 2.05) is 19.1 Å². The van der Waals surface area contributed by atoms with Gasteiger partial charge in [0, 0.05) is 17.6 Å². The Balaban J connectivity index is 2.46. The van der Waals surface area contributed by atoms with Gasteiger partial charge in [-0.2, -0.15) is 0 Å². The van der Waals surface area contributed by atoms with Gasteiger partial charge < -0.3 is 4.42 Å². The van der Waals surface area contributed by atoms with Crippen molar-refractivity contribution in [3.63, 3.8) is 0 Å². The average molecular weight is 239 g/mol. The first kappa shape index (κ1) is 8.44. The van der Waals surface area contributed by atoms with Crippen LogP contribution in [-0.4, -0.2) is 9.97 Å². The predicted molar refractivity (Wildman–Crippen MR) is 52.2 cm³/mol. The van der Waals surface area contributed by atoms with E-state index in [0.717, 1.165) is 10.2 Å². The smallest absolute Gasteiger partial charge is 0.191 e. The maximum Gasteiger partial charge on any atom is 0.191 e. The standard InChI is InChI=1S/C9H7BrN2O/c1-6-12-5-9(13-6)8-4-7(10)2-3-11-8/h2-5H,1H3. The lowest BCUT2D eigenvalue weighted by molar-refractivity contribution is 0.532. The van der Waals surface area contributed by atoms with E-state index in [4.69, 9.17) is 4.42 Å². The van der Waals surface area contributed by atoms with Crippen LogP contribution >= 0.6 is 15.9 Å². The molecule has 0 aliphatic rings. The number of hydrogen-bond acceptors (Lipinski definition) is 3. The van der Waals surface area contributed by atoms with Gasteiger partial charge in [0.25, 0.3) is 0 Å². The largest absolute Gasteiger partial charge is 0.439 e. The number of rotatable bonds is 1. The average Bonchev–Trinajstić information content (AvgIpc) is 2.52. The van der Waals surface area contributed by atoms with Crippen molar-refractivity contribution in [2.24, 2.45) is 0 Å². The molecule has 0 fully saturated rings. The predicted octanol–water partition coefficient (Wildman–Crippen LogP) is 2.81. The van der Waals surface area contributed by atoms with Crippen LogP contribution in [0.3, 0.4) is 0 Å². The fourth-order valence-corrected chi connectivity index (χ4v) is 1.35. The van der Waals surface area contributed by atoms with E-state index in [9.17, 15) is 0 Å². The molecule has 0 spiro atoms. The first-order valence-electron chi connectivity index (χ1n) is 3.80. The summed E-state index contributed by atoms with van der Waals surface area (Å²) in [6.45, 7) is 1.81. The summed E-state index contributed by atoms with van der Waals surface area (Å²) in [4.78, 5) is 8.16. The Bertz CT molecular complexity index is 425. The van der Waals surface area contributed by atoms with Crippen LogP contribution in [0, 0.1) is 6.92 Å². The van der Waals surface area contributed by atoms with Crippen molar-refractivity contribution in [1.29, 1.82) is 0 Å². The van der Waals surface area contributed by atoms with Crippen LogP contribution in [0.4, 0.5) is 0 Å². The van der Waals surface area contributed by atoms with E-state index in [-0.39, 0.29) is 0 Å². The molecule has 3 nitrogen and oxygen atoms in total. The third kappa shape index (κ3) is 1.78. The molecule has 0 amide bonds. The Hall–Kier alpha value is -1.16. The molecule has 0 aromatic carbocycles. The van der Waals surface area contributed by atoms with E-state index in [2.05, 4.69) is 25.9 Å². The SMILES string of the molecule is Cc1ncc(-c2cc(Br)ccn2)o1. The Morgan fingerprint density at radius 2 is 2.23 bits per heavy atom. The molecule has 0 aliphatic carbocycles. The van der Waals surface area contributed by atoms with Crippen molar-refractivity contribution in [2.45, 2.75) is 6.92 Å². The first-order chi connectivity index (χ1) is 6.25. The van der Waals surface area contributed by atoms with Crippen LogP contribution in [-0.2, 0) is 0 Å². The van der Waals surface area contributed by atoms with Crippen LogP contribution in [0.25, 0.3) is 11.5 Å². The van der Waals surface area contributed by atoms with E-state index < -0.39 is 0 Å². The van der Waals surface area contributed by atoms with Gasteiger partial charge in [-0.3, -0.25) is 4.98 Å². The molecule has 0 saturated carbocycles. The van der Waals surface area contributed by atoms with Gasteiger partial charge in [-0.15, -0.1) is 0 Å². The molecule has 0 saturated heterocycles. The van der Waals surface area contributed by atoms with Gasteiger partial charge in [-0.05, 0) is 12.1 Å². The lowest BCUT2D eigenvalue weighted by atomic mass is 10.3. The summed E-state index contributed by atoms with van der Waals surface area (Å²) in [7, 11) is 0. The normalized spacial score (nSPS) is 10.3. The summed E-state index contributed by atoms with van der Waals surface area (Å²) >= 11 is 3.36. The molecule has 0 atom stereocenters. The highest BCUT2D eigenvalue weighted by atomic mass is 79.9. The lowest BCUT2D eigenvalue weighted by Crippen LogP contribution is -1.79. The second kappa shape index (κ2) is 3.30. The third-order valence-corrected chi connectivity index (χ3v) is 2.09. The van der Waals surface area contributed by atoms with Gasteiger partial charge in [-0.1, -0.05) is 15.9 Å². The fourth-order valence-electron chi connectivity index (χ4n) is 1.02. The van der Waals surface area contributed by atoms with Gasteiger partial charge in [0.2, 0.25) is 0 Å². The minimum atomic E-state index is 0.650. The number of oxazole rings is 1. The highest BCUT2D eigenvalue weighted by Gasteiger charge is 2.04. The number of aryl methyl sites for hydroxylation is 1. The molecule has 0 unspecified atom stereocenters. The Morgan fingerprint density at radius 3 is 2.85 bits per heavy atom. The molecule has 0 bridgehead atoms. The van der Waals surface area contributed by atoms with Crippen molar-refractivity contribution in [1.82, 2.24) is 9.97 Å². The number of pyridine rings is 1. The minimum Gasteiger partial charge on any atom is -0.439 e. The van der Waals surface area contributed by atoms with Crippen LogP contribution in [0.15, 0.2) is 33.4 Å². The van der Waals surface area contributed by atoms with Crippen molar-refractivity contribution in [3.8, 4) is 11.5 Å². The number of nitrogens with zero attached hydrogens (tertiary/aromatic N) is 2. The van der Waals surface area contributed by atoms with Gasteiger partial charge in [-0.25, -0.2) is 4.98 Å². The van der Waals surface area contributed by atoms with E-state index >= 15 is 0 Å². The molecular formula is C9H7BrN2O. The van der Waals surface area contributed by atoms with E-state index in [1.165, 1.54) is 0 Å². The molecule has 0 N–H and O–H groups in total. The quantitative estimate of drug-likeness (QED) is 0.767. The molecule has 2 heterocycles. The molecule has 13 heavy (non-hydrogen) atoms. The van der Waals surface area contributed by atoms with Crippen LogP contribution in [0.5, 0.6) is 0 Å². The molecular weight excluding hydrogens is 232 g/mol. The summed E-state index contributed by atoms with van der Waals surface area (Å²) in [5.74, 6) is 1.34. The zero-order valence-corrected chi connectivity index (χ0v) is 8.58. The summed E-state index contributed by atoms with van der Waals surface area (Å²) < 4.78 is 6.31. The Kier molecular flexibility index (Phi) is 2.14. The van der Waals surface area contributed by atoms with Gasteiger partial charge in [0.1, 0.15) is 5.69 Å². The number of halogens is 1.